The summed E-state index contributed by atoms with van der Waals surface area (Å²) in [7, 11) is 7.00. The quantitative estimate of drug-likeness (QED) is 0.570. The van der Waals surface area contributed by atoms with Crippen molar-refractivity contribution in [3.63, 3.8) is 0 Å². The Balaban J connectivity index is -0.000000400. The van der Waals surface area contributed by atoms with E-state index in [1.807, 2.05) is 0 Å². The number of rotatable bonds is 2. The van der Waals surface area contributed by atoms with Crippen LogP contribution in [0.4, 0.5) is 0 Å². The molecule has 0 aromatic carbocycles. The molecule has 4 heteroatoms. The summed E-state index contributed by atoms with van der Waals surface area (Å²) in [5, 5.41) is 10.5. The molecule has 0 saturated heterocycles. The Morgan fingerprint density at radius 3 is 1.81 bits per heavy atom. The van der Waals surface area contributed by atoms with Gasteiger partial charge in [-0.3, -0.25) is 0 Å². The summed E-state index contributed by atoms with van der Waals surface area (Å²) >= 11 is 0. The van der Waals surface area contributed by atoms with E-state index in [4.69, 9.17) is 0 Å². The monoisotopic (exact) mass is 376 g/mol. The Hall–Kier alpha value is -0.212. The van der Waals surface area contributed by atoms with Gasteiger partial charge in [0.2, 0.25) is 0 Å². The summed E-state index contributed by atoms with van der Waals surface area (Å²) in [5.41, 5.74) is 3.99. The maximum Gasteiger partial charge on any atom is 3.00 e. The SMILES string of the molecule is CC1=[C-]C(=C(C)CNC(C)(C)C)C=C1.C[N-]C.C[N-]C.[Mo+3]. The van der Waals surface area contributed by atoms with Crippen LogP contribution in [0.15, 0.2) is 28.9 Å². The summed E-state index contributed by atoms with van der Waals surface area (Å²) in [6.07, 6.45) is 7.58. The van der Waals surface area contributed by atoms with Crippen molar-refractivity contribution in [2.24, 2.45) is 0 Å². The van der Waals surface area contributed by atoms with Crippen LogP contribution in [0, 0.1) is 6.08 Å². The van der Waals surface area contributed by atoms with E-state index < -0.39 is 0 Å². The second-order valence-corrected chi connectivity index (χ2v) is 5.83. The summed E-state index contributed by atoms with van der Waals surface area (Å²) in [5.74, 6) is 0. The van der Waals surface area contributed by atoms with E-state index in [1.54, 1.807) is 28.2 Å². The van der Waals surface area contributed by atoms with Crippen LogP contribution in [0.1, 0.15) is 34.6 Å². The topological polar surface area (TPSA) is 40.2 Å². The fourth-order valence-electron chi connectivity index (χ4n) is 1.25. The summed E-state index contributed by atoms with van der Waals surface area (Å²) < 4.78 is 0. The molecule has 1 radical (unpaired) electrons. The predicted molar refractivity (Wildman–Crippen MR) is 92.4 cm³/mol. The molecule has 0 heterocycles. The minimum absolute atomic E-state index is 0. The largest absolute Gasteiger partial charge is 3.00 e. The standard InChI is InChI=1S/C13H20N.2C2H6N.Mo/c1-10-6-7-12(8-10)11(2)9-14-13(3,4)5;2*1-3-2;/h6-7,14H,9H2,1-5H3;2*1-2H3;/q3*-1;+3. The number of nitrogens with one attached hydrogen (secondary N) is 1. The van der Waals surface area contributed by atoms with Crippen LogP contribution in [0.3, 0.4) is 0 Å². The number of hydrogen-bond donors (Lipinski definition) is 1. The van der Waals surface area contributed by atoms with E-state index in [-0.39, 0.29) is 26.6 Å². The zero-order chi connectivity index (χ0) is 16.2. The first-order valence-electron chi connectivity index (χ1n) is 6.91. The zero-order valence-corrected chi connectivity index (χ0v) is 17.2. The van der Waals surface area contributed by atoms with Gasteiger partial charge in [0.15, 0.2) is 0 Å². The van der Waals surface area contributed by atoms with Gasteiger partial charge < -0.3 is 16.0 Å². The van der Waals surface area contributed by atoms with E-state index in [0.29, 0.717) is 0 Å². The molecule has 0 aliphatic heterocycles. The smallest absolute Gasteiger partial charge is 0.668 e. The van der Waals surface area contributed by atoms with Crippen molar-refractivity contribution in [2.75, 3.05) is 34.7 Å². The average molecular weight is 374 g/mol. The first-order valence-corrected chi connectivity index (χ1v) is 6.91. The Morgan fingerprint density at radius 1 is 1.10 bits per heavy atom. The molecular weight excluding hydrogens is 342 g/mol. The molecule has 3 nitrogen and oxygen atoms in total. The third kappa shape index (κ3) is 17.7. The first kappa shape index (κ1) is 25.7. The Labute approximate surface area is 147 Å². The summed E-state index contributed by atoms with van der Waals surface area (Å²) in [6, 6.07) is 0. The van der Waals surface area contributed by atoms with Gasteiger partial charge in [0.1, 0.15) is 0 Å². The maximum absolute atomic E-state index is 3.50. The minimum Gasteiger partial charge on any atom is -0.668 e. The number of nitrogens with zero attached hydrogens (tertiary/aromatic N) is 2. The van der Waals surface area contributed by atoms with Gasteiger partial charge in [-0.1, -0.05) is 13.8 Å². The second kappa shape index (κ2) is 14.7. The van der Waals surface area contributed by atoms with Crippen LogP contribution in [0.2, 0.25) is 0 Å². The van der Waals surface area contributed by atoms with Crippen molar-refractivity contribution >= 4 is 0 Å². The van der Waals surface area contributed by atoms with Crippen molar-refractivity contribution in [3.8, 4) is 0 Å². The van der Waals surface area contributed by atoms with Gasteiger partial charge in [-0.05, 0) is 27.3 Å². The van der Waals surface area contributed by atoms with E-state index in [1.165, 1.54) is 16.7 Å². The van der Waals surface area contributed by atoms with Crippen LogP contribution in [0.25, 0.3) is 10.6 Å². The molecule has 21 heavy (non-hydrogen) atoms. The Kier molecular flexibility index (Phi) is 18.0. The van der Waals surface area contributed by atoms with Gasteiger partial charge in [0.25, 0.3) is 0 Å². The molecule has 121 valence electrons. The summed E-state index contributed by atoms with van der Waals surface area (Å²) in [4.78, 5) is 0. The molecule has 0 saturated carbocycles. The number of hydrogen-bond acceptors (Lipinski definition) is 1. The molecule has 0 aromatic heterocycles. The fourth-order valence-corrected chi connectivity index (χ4v) is 1.25. The average Bonchev–Trinajstić information content (AvgIpc) is 2.74. The van der Waals surface area contributed by atoms with Crippen LogP contribution in [-0.4, -0.2) is 40.3 Å². The second-order valence-electron chi connectivity index (χ2n) is 5.83. The fraction of sp³-hybridized carbons (Fsp3) is 0.647. The molecule has 1 aliphatic carbocycles. The molecule has 0 atom stereocenters. The molecule has 0 spiro atoms. The van der Waals surface area contributed by atoms with Crippen LogP contribution < -0.4 is 5.32 Å². The molecule has 0 fully saturated rings. The van der Waals surface area contributed by atoms with E-state index in [2.05, 4.69) is 68.8 Å². The molecular formula is C17H32MoN3. The van der Waals surface area contributed by atoms with Gasteiger partial charge in [-0.15, -0.1) is 17.2 Å². The van der Waals surface area contributed by atoms with Crippen molar-refractivity contribution in [1.29, 1.82) is 0 Å². The van der Waals surface area contributed by atoms with Gasteiger partial charge in [-0.25, -0.2) is 0 Å². The van der Waals surface area contributed by atoms with Gasteiger partial charge in [0, 0.05) is 5.54 Å². The van der Waals surface area contributed by atoms with Crippen molar-refractivity contribution in [2.45, 2.75) is 40.2 Å². The molecule has 1 N–H and O–H groups in total. The van der Waals surface area contributed by atoms with Crippen molar-refractivity contribution < 1.29 is 21.1 Å². The molecule has 1 aliphatic rings. The van der Waals surface area contributed by atoms with Crippen LogP contribution >= 0.6 is 0 Å². The van der Waals surface area contributed by atoms with Gasteiger partial charge >= 0.3 is 21.1 Å². The minimum atomic E-state index is 0. The predicted octanol–water partition coefficient (Wildman–Crippen LogP) is 4.25. The zero-order valence-electron chi connectivity index (χ0n) is 15.2. The number of allylic oxidation sites excluding steroid dienone is 5. The van der Waals surface area contributed by atoms with Crippen molar-refractivity contribution in [3.05, 3.63) is 45.6 Å². The molecule has 0 aromatic rings. The van der Waals surface area contributed by atoms with E-state index in [9.17, 15) is 0 Å². The van der Waals surface area contributed by atoms with Gasteiger partial charge in [0.05, 0.1) is 0 Å². The molecule has 0 amide bonds. The van der Waals surface area contributed by atoms with E-state index in [0.717, 1.165) is 6.54 Å². The van der Waals surface area contributed by atoms with Crippen LogP contribution in [0.5, 0.6) is 0 Å². The first-order chi connectivity index (χ1) is 9.21. The molecule has 1 rings (SSSR count). The Morgan fingerprint density at radius 2 is 1.52 bits per heavy atom. The van der Waals surface area contributed by atoms with Gasteiger partial charge in [-0.2, -0.15) is 45.9 Å². The third-order valence-corrected chi connectivity index (χ3v) is 2.18. The Bertz CT molecular complexity index is 334. The molecule has 0 bridgehead atoms. The van der Waals surface area contributed by atoms with E-state index >= 15 is 0 Å². The normalized spacial score (nSPS) is 15.0. The summed E-state index contributed by atoms with van der Waals surface area (Å²) in [6.45, 7) is 11.7. The maximum atomic E-state index is 3.50. The van der Waals surface area contributed by atoms with Crippen molar-refractivity contribution in [1.82, 2.24) is 5.32 Å². The third-order valence-electron chi connectivity index (χ3n) is 2.18. The van der Waals surface area contributed by atoms with Crippen LogP contribution in [-0.2, 0) is 21.1 Å². The molecule has 0 unspecified atom stereocenters.